The molecule has 3 heteroatoms. The van der Waals surface area contributed by atoms with Gasteiger partial charge in [0.1, 0.15) is 0 Å². The zero-order valence-corrected chi connectivity index (χ0v) is 11.2. The van der Waals surface area contributed by atoms with Crippen molar-refractivity contribution in [2.45, 2.75) is 39.9 Å². The number of hydrogen-bond acceptors (Lipinski definition) is 2. The summed E-state index contributed by atoms with van der Waals surface area (Å²) >= 11 is 0. The molecule has 1 aromatic heterocycles. The average Bonchev–Trinajstić information content (AvgIpc) is 2.78. The Kier molecular flexibility index (Phi) is 4.53. The molecule has 1 heterocycles. The van der Waals surface area contributed by atoms with Gasteiger partial charge in [-0.2, -0.15) is 5.10 Å². The second-order valence-electron chi connectivity index (χ2n) is 4.64. The molecule has 2 rings (SSSR count). The number of rotatable bonds is 6. The summed E-state index contributed by atoms with van der Waals surface area (Å²) in [6, 6.07) is 10.7. The van der Waals surface area contributed by atoms with Crippen molar-refractivity contribution in [3.63, 3.8) is 0 Å². The predicted octanol–water partition coefficient (Wildman–Crippen LogP) is 2.89. The van der Waals surface area contributed by atoms with Gasteiger partial charge in [-0.1, -0.05) is 36.8 Å². The van der Waals surface area contributed by atoms with Crippen LogP contribution in [-0.4, -0.2) is 9.78 Å². The van der Waals surface area contributed by atoms with Gasteiger partial charge < -0.3 is 5.32 Å². The maximum absolute atomic E-state index is 4.32. The van der Waals surface area contributed by atoms with Crippen LogP contribution in [0.2, 0.25) is 0 Å². The SMILES string of the molecule is CCCn1nccc1CNCc1cccc(C)c1. The topological polar surface area (TPSA) is 29.9 Å². The minimum Gasteiger partial charge on any atom is -0.307 e. The van der Waals surface area contributed by atoms with Gasteiger partial charge in [0, 0.05) is 25.8 Å². The molecule has 0 fully saturated rings. The second-order valence-corrected chi connectivity index (χ2v) is 4.64. The van der Waals surface area contributed by atoms with Gasteiger partial charge in [0.05, 0.1) is 5.69 Å². The molecule has 0 aliphatic carbocycles. The lowest BCUT2D eigenvalue weighted by atomic mass is 10.1. The first-order chi connectivity index (χ1) is 8.79. The Morgan fingerprint density at radius 3 is 2.89 bits per heavy atom. The van der Waals surface area contributed by atoms with Crippen LogP contribution in [0, 0.1) is 6.92 Å². The third-order valence-electron chi connectivity index (χ3n) is 2.96. The molecular formula is C15H21N3. The van der Waals surface area contributed by atoms with Crippen molar-refractivity contribution >= 4 is 0 Å². The quantitative estimate of drug-likeness (QED) is 0.845. The highest BCUT2D eigenvalue weighted by molar-refractivity contribution is 5.22. The maximum atomic E-state index is 4.32. The third-order valence-corrected chi connectivity index (χ3v) is 2.96. The van der Waals surface area contributed by atoms with Crippen LogP contribution in [0.25, 0.3) is 0 Å². The molecule has 0 amide bonds. The van der Waals surface area contributed by atoms with Crippen LogP contribution >= 0.6 is 0 Å². The third kappa shape index (κ3) is 3.44. The lowest BCUT2D eigenvalue weighted by Crippen LogP contribution is -2.16. The fourth-order valence-corrected chi connectivity index (χ4v) is 2.08. The molecule has 0 spiro atoms. The lowest BCUT2D eigenvalue weighted by molar-refractivity contribution is 0.549. The van der Waals surface area contributed by atoms with Gasteiger partial charge in [-0.05, 0) is 25.0 Å². The number of aromatic nitrogens is 2. The fraction of sp³-hybridized carbons (Fsp3) is 0.400. The van der Waals surface area contributed by atoms with Gasteiger partial charge in [0.15, 0.2) is 0 Å². The van der Waals surface area contributed by atoms with Crippen LogP contribution < -0.4 is 5.32 Å². The Morgan fingerprint density at radius 2 is 2.11 bits per heavy atom. The first-order valence-corrected chi connectivity index (χ1v) is 6.56. The molecule has 0 saturated carbocycles. The van der Waals surface area contributed by atoms with Gasteiger partial charge in [0.2, 0.25) is 0 Å². The van der Waals surface area contributed by atoms with Crippen LogP contribution in [0.15, 0.2) is 36.5 Å². The lowest BCUT2D eigenvalue weighted by Gasteiger charge is -2.08. The van der Waals surface area contributed by atoms with Crippen molar-refractivity contribution in [2.75, 3.05) is 0 Å². The molecule has 1 N–H and O–H groups in total. The average molecular weight is 243 g/mol. The highest BCUT2D eigenvalue weighted by atomic mass is 15.3. The zero-order chi connectivity index (χ0) is 12.8. The number of aryl methyl sites for hydroxylation is 2. The van der Waals surface area contributed by atoms with Crippen LogP contribution in [0.4, 0.5) is 0 Å². The summed E-state index contributed by atoms with van der Waals surface area (Å²) in [6.45, 7) is 7.06. The van der Waals surface area contributed by atoms with Crippen LogP contribution in [0.1, 0.15) is 30.2 Å². The van der Waals surface area contributed by atoms with Crippen molar-refractivity contribution in [1.29, 1.82) is 0 Å². The van der Waals surface area contributed by atoms with Crippen molar-refractivity contribution < 1.29 is 0 Å². The van der Waals surface area contributed by atoms with E-state index < -0.39 is 0 Å². The molecule has 0 aliphatic rings. The molecule has 0 radical (unpaired) electrons. The normalized spacial score (nSPS) is 10.8. The summed E-state index contributed by atoms with van der Waals surface area (Å²) in [4.78, 5) is 0. The first-order valence-electron chi connectivity index (χ1n) is 6.56. The fourth-order valence-electron chi connectivity index (χ4n) is 2.08. The minimum atomic E-state index is 0.869. The highest BCUT2D eigenvalue weighted by Crippen LogP contribution is 2.05. The van der Waals surface area contributed by atoms with E-state index in [1.54, 1.807) is 0 Å². The predicted molar refractivity (Wildman–Crippen MR) is 74.2 cm³/mol. The molecule has 18 heavy (non-hydrogen) atoms. The first kappa shape index (κ1) is 12.8. The Labute approximate surface area is 109 Å². The van der Waals surface area contributed by atoms with Crippen molar-refractivity contribution in [3.8, 4) is 0 Å². The Morgan fingerprint density at radius 1 is 1.22 bits per heavy atom. The molecule has 0 unspecified atom stereocenters. The summed E-state index contributed by atoms with van der Waals surface area (Å²) in [5, 5.41) is 7.79. The zero-order valence-electron chi connectivity index (χ0n) is 11.2. The number of nitrogens with zero attached hydrogens (tertiary/aromatic N) is 2. The number of benzene rings is 1. The van der Waals surface area contributed by atoms with Crippen LogP contribution in [0.5, 0.6) is 0 Å². The molecule has 3 nitrogen and oxygen atoms in total. The molecule has 0 saturated heterocycles. The summed E-state index contributed by atoms with van der Waals surface area (Å²) in [7, 11) is 0. The van der Waals surface area contributed by atoms with Crippen LogP contribution in [-0.2, 0) is 19.6 Å². The minimum absolute atomic E-state index is 0.869. The Bertz CT molecular complexity index is 488. The molecule has 0 atom stereocenters. The van der Waals surface area contributed by atoms with Crippen LogP contribution in [0.3, 0.4) is 0 Å². The molecule has 96 valence electrons. The maximum Gasteiger partial charge on any atom is 0.0522 e. The number of hydrogen-bond donors (Lipinski definition) is 1. The molecule has 2 aromatic rings. The number of nitrogens with one attached hydrogen (secondary N) is 1. The van der Waals surface area contributed by atoms with E-state index in [4.69, 9.17) is 0 Å². The standard InChI is InChI=1S/C15H21N3/c1-3-9-18-15(7-8-17-18)12-16-11-14-6-4-5-13(2)10-14/h4-8,10,16H,3,9,11-12H2,1-2H3. The monoisotopic (exact) mass is 243 g/mol. The van der Waals surface area contributed by atoms with Crippen molar-refractivity contribution in [3.05, 3.63) is 53.3 Å². The van der Waals surface area contributed by atoms with Crippen molar-refractivity contribution in [2.24, 2.45) is 0 Å². The van der Waals surface area contributed by atoms with E-state index in [0.29, 0.717) is 0 Å². The smallest absolute Gasteiger partial charge is 0.0522 e. The van der Waals surface area contributed by atoms with Gasteiger partial charge in [-0.25, -0.2) is 0 Å². The van der Waals surface area contributed by atoms with E-state index in [0.717, 1.165) is 26.1 Å². The van der Waals surface area contributed by atoms with E-state index in [9.17, 15) is 0 Å². The molecular weight excluding hydrogens is 222 g/mol. The van der Waals surface area contributed by atoms with Gasteiger partial charge in [0.25, 0.3) is 0 Å². The van der Waals surface area contributed by atoms with E-state index in [2.05, 4.69) is 59.3 Å². The summed E-state index contributed by atoms with van der Waals surface area (Å²) < 4.78 is 2.07. The van der Waals surface area contributed by atoms with E-state index in [1.165, 1.54) is 16.8 Å². The van der Waals surface area contributed by atoms with Crippen molar-refractivity contribution in [1.82, 2.24) is 15.1 Å². The largest absolute Gasteiger partial charge is 0.307 e. The summed E-state index contributed by atoms with van der Waals surface area (Å²) in [5.41, 5.74) is 3.89. The van der Waals surface area contributed by atoms with Gasteiger partial charge in [-0.3, -0.25) is 4.68 Å². The van der Waals surface area contributed by atoms with Gasteiger partial charge >= 0.3 is 0 Å². The molecule has 0 bridgehead atoms. The summed E-state index contributed by atoms with van der Waals surface area (Å²) in [5.74, 6) is 0. The van der Waals surface area contributed by atoms with E-state index >= 15 is 0 Å². The molecule has 1 aromatic carbocycles. The second kappa shape index (κ2) is 6.36. The Hall–Kier alpha value is -1.61. The Balaban J connectivity index is 1.86. The highest BCUT2D eigenvalue weighted by Gasteiger charge is 2.01. The van der Waals surface area contributed by atoms with E-state index in [1.807, 2.05) is 6.20 Å². The van der Waals surface area contributed by atoms with Gasteiger partial charge in [-0.15, -0.1) is 0 Å². The summed E-state index contributed by atoms with van der Waals surface area (Å²) in [6.07, 6.45) is 2.99. The van der Waals surface area contributed by atoms with E-state index in [-0.39, 0.29) is 0 Å². The molecule has 0 aliphatic heterocycles.